The molecule has 1 aliphatic heterocycles. The minimum atomic E-state index is -1.33. The fourth-order valence-electron chi connectivity index (χ4n) is 4.59. The van der Waals surface area contributed by atoms with Gasteiger partial charge in [0.15, 0.2) is 5.76 Å². The molecule has 0 bridgehead atoms. The van der Waals surface area contributed by atoms with E-state index in [0.717, 1.165) is 5.56 Å². The quantitative estimate of drug-likeness (QED) is 0.190. The van der Waals surface area contributed by atoms with E-state index < -0.39 is 34.3 Å². The normalized spacial score (nSPS) is 15.1. The lowest BCUT2D eigenvalue weighted by Crippen LogP contribution is -2.64. The van der Waals surface area contributed by atoms with Gasteiger partial charge < -0.3 is 25.1 Å². The van der Waals surface area contributed by atoms with Crippen molar-refractivity contribution in [3.05, 3.63) is 87.1 Å². The van der Waals surface area contributed by atoms with Crippen LogP contribution < -0.4 is 16.0 Å². The molecule has 11 nitrogen and oxygen atoms in total. The maximum absolute atomic E-state index is 13.7. The fourth-order valence-corrected chi connectivity index (χ4v) is 4.76. The van der Waals surface area contributed by atoms with Gasteiger partial charge in [-0.2, -0.15) is 0 Å². The van der Waals surface area contributed by atoms with E-state index in [1.165, 1.54) is 30.3 Å². The van der Waals surface area contributed by atoms with Crippen molar-refractivity contribution in [2.45, 2.75) is 37.8 Å². The second kappa shape index (κ2) is 12.8. The number of piperidine rings is 1. The highest BCUT2D eigenvalue weighted by Crippen LogP contribution is 2.33. The summed E-state index contributed by atoms with van der Waals surface area (Å²) in [6, 6.07) is 15.2. The standard InChI is InChI=1S/C28H29ClN4O7/c1-2-39-26(35)21(16-18-6-4-3-5-7-18)31-27(36)28(12-14-30-15-13-28)32-25(34)24-11-10-23(40-24)20-9-8-19(29)17-22(20)33(37)38/h3-11,17,21,30H,2,12-16H2,1H3,(H,31,36)(H,32,34). The predicted octanol–water partition coefficient (Wildman–Crippen LogP) is 3.65. The van der Waals surface area contributed by atoms with Crippen LogP contribution in [0.1, 0.15) is 35.9 Å². The predicted molar refractivity (Wildman–Crippen MR) is 147 cm³/mol. The lowest BCUT2D eigenvalue weighted by atomic mass is 9.86. The Morgan fingerprint density at radius 1 is 1.12 bits per heavy atom. The number of esters is 1. The topological polar surface area (TPSA) is 153 Å². The summed E-state index contributed by atoms with van der Waals surface area (Å²) in [5.41, 5.74) is -0.612. The van der Waals surface area contributed by atoms with Gasteiger partial charge in [-0.3, -0.25) is 19.7 Å². The van der Waals surface area contributed by atoms with Crippen molar-refractivity contribution in [1.29, 1.82) is 0 Å². The molecule has 1 saturated heterocycles. The highest BCUT2D eigenvalue weighted by molar-refractivity contribution is 6.30. The van der Waals surface area contributed by atoms with E-state index in [1.54, 1.807) is 6.92 Å². The first-order chi connectivity index (χ1) is 19.2. The minimum Gasteiger partial charge on any atom is -0.464 e. The Hall–Kier alpha value is -4.22. The Bertz CT molecular complexity index is 1390. The monoisotopic (exact) mass is 568 g/mol. The number of amides is 2. The molecular formula is C28H29ClN4O7. The van der Waals surface area contributed by atoms with Gasteiger partial charge in [-0.15, -0.1) is 0 Å². The summed E-state index contributed by atoms with van der Waals surface area (Å²) in [5.74, 6) is -1.79. The molecule has 12 heteroatoms. The third kappa shape index (κ3) is 6.67. The van der Waals surface area contributed by atoms with Crippen LogP contribution in [-0.4, -0.2) is 54.0 Å². The highest BCUT2D eigenvalue weighted by atomic mass is 35.5. The number of nitrogens with zero attached hydrogens (tertiary/aromatic N) is 1. The average Bonchev–Trinajstić information content (AvgIpc) is 3.44. The van der Waals surface area contributed by atoms with Crippen LogP contribution in [0.2, 0.25) is 5.02 Å². The molecule has 1 aromatic heterocycles. The van der Waals surface area contributed by atoms with E-state index >= 15 is 0 Å². The Morgan fingerprint density at radius 2 is 1.85 bits per heavy atom. The maximum atomic E-state index is 13.7. The molecule has 210 valence electrons. The Kier molecular flexibility index (Phi) is 9.18. The first kappa shape index (κ1) is 28.8. The van der Waals surface area contributed by atoms with Crippen molar-refractivity contribution >= 4 is 35.1 Å². The Morgan fingerprint density at radius 3 is 2.52 bits per heavy atom. The molecule has 0 spiro atoms. The van der Waals surface area contributed by atoms with E-state index in [-0.39, 0.29) is 53.7 Å². The number of carbonyl (C=O) groups is 3. The van der Waals surface area contributed by atoms with Crippen LogP contribution in [-0.2, 0) is 20.7 Å². The lowest BCUT2D eigenvalue weighted by molar-refractivity contribution is -0.384. The minimum absolute atomic E-state index is 0.0996. The molecule has 40 heavy (non-hydrogen) atoms. The van der Waals surface area contributed by atoms with Crippen molar-refractivity contribution in [2.24, 2.45) is 0 Å². The average molecular weight is 569 g/mol. The molecule has 3 N–H and O–H groups in total. The van der Waals surface area contributed by atoms with Crippen LogP contribution in [0.25, 0.3) is 11.3 Å². The molecular weight excluding hydrogens is 540 g/mol. The number of nitro groups is 1. The van der Waals surface area contributed by atoms with Crippen molar-refractivity contribution in [2.75, 3.05) is 19.7 Å². The van der Waals surface area contributed by atoms with Gasteiger partial charge in [-0.1, -0.05) is 41.9 Å². The van der Waals surface area contributed by atoms with Gasteiger partial charge in [0, 0.05) is 17.5 Å². The van der Waals surface area contributed by atoms with Crippen LogP contribution in [0, 0.1) is 10.1 Å². The third-order valence-electron chi connectivity index (χ3n) is 6.66. The number of furan rings is 1. The van der Waals surface area contributed by atoms with Crippen LogP contribution in [0.4, 0.5) is 5.69 Å². The van der Waals surface area contributed by atoms with Crippen LogP contribution >= 0.6 is 11.6 Å². The van der Waals surface area contributed by atoms with Gasteiger partial charge >= 0.3 is 5.97 Å². The van der Waals surface area contributed by atoms with Crippen LogP contribution in [0.15, 0.2) is 65.1 Å². The number of halogens is 1. The van der Waals surface area contributed by atoms with E-state index in [9.17, 15) is 24.5 Å². The first-order valence-corrected chi connectivity index (χ1v) is 13.2. The van der Waals surface area contributed by atoms with Crippen molar-refractivity contribution in [3.63, 3.8) is 0 Å². The second-order valence-electron chi connectivity index (χ2n) is 9.34. The molecule has 1 atom stereocenters. The van der Waals surface area contributed by atoms with E-state index in [0.29, 0.717) is 13.1 Å². The Balaban J connectivity index is 1.56. The van der Waals surface area contributed by atoms with E-state index in [1.807, 2.05) is 30.3 Å². The molecule has 1 unspecified atom stereocenters. The number of ether oxygens (including phenoxy) is 1. The maximum Gasteiger partial charge on any atom is 0.328 e. The summed E-state index contributed by atoms with van der Waals surface area (Å²) in [5, 5.41) is 20.5. The Labute approximate surface area is 235 Å². The molecule has 1 fully saturated rings. The second-order valence-corrected chi connectivity index (χ2v) is 9.77. The molecule has 3 aromatic rings. The van der Waals surface area contributed by atoms with Gasteiger partial charge in [0.1, 0.15) is 17.3 Å². The lowest BCUT2D eigenvalue weighted by Gasteiger charge is -2.37. The smallest absolute Gasteiger partial charge is 0.328 e. The number of hydrogen-bond donors (Lipinski definition) is 3. The van der Waals surface area contributed by atoms with Gasteiger partial charge in [0.25, 0.3) is 11.6 Å². The first-order valence-electron chi connectivity index (χ1n) is 12.8. The molecule has 2 heterocycles. The third-order valence-corrected chi connectivity index (χ3v) is 6.89. The SMILES string of the molecule is CCOC(=O)C(Cc1ccccc1)NC(=O)C1(NC(=O)c2ccc(-c3ccc(Cl)cc3[N+](=O)[O-])o2)CCNCC1. The molecule has 0 aliphatic carbocycles. The number of carbonyl (C=O) groups excluding carboxylic acids is 3. The fraction of sp³-hybridized carbons (Fsp3) is 0.321. The largest absolute Gasteiger partial charge is 0.464 e. The van der Waals surface area contributed by atoms with Gasteiger partial charge in [-0.05, 0) is 62.7 Å². The van der Waals surface area contributed by atoms with Crippen LogP contribution in [0.3, 0.4) is 0 Å². The molecule has 1 aliphatic rings. The van der Waals surface area contributed by atoms with Gasteiger partial charge in [-0.25, -0.2) is 4.79 Å². The number of nitro benzene ring substituents is 1. The molecule has 0 saturated carbocycles. The van der Waals surface area contributed by atoms with Crippen LogP contribution in [0.5, 0.6) is 0 Å². The number of rotatable bonds is 10. The summed E-state index contributed by atoms with van der Waals surface area (Å²) in [4.78, 5) is 50.6. The molecule has 4 rings (SSSR count). The van der Waals surface area contributed by atoms with Crippen molar-refractivity contribution in [1.82, 2.24) is 16.0 Å². The molecule has 2 amide bonds. The zero-order valence-corrected chi connectivity index (χ0v) is 22.5. The summed E-state index contributed by atoms with van der Waals surface area (Å²) < 4.78 is 10.9. The van der Waals surface area contributed by atoms with E-state index in [2.05, 4.69) is 16.0 Å². The zero-order valence-electron chi connectivity index (χ0n) is 21.8. The summed E-state index contributed by atoms with van der Waals surface area (Å²) in [6.07, 6.45) is 0.748. The summed E-state index contributed by atoms with van der Waals surface area (Å²) >= 11 is 5.90. The van der Waals surface area contributed by atoms with Gasteiger partial charge in [0.2, 0.25) is 5.91 Å². The van der Waals surface area contributed by atoms with E-state index in [4.69, 9.17) is 20.8 Å². The summed E-state index contributed by atoms with van der Waals surface area (Å²) in [6.45, 7) is 2.75. The van der Waals surface area contributed by atoms with Crippen molar-refractivity contribution in [3.8, 4) is 11.3 Å². The highest BCUT2D eigenvalue weighted by Gasteiger charge is 2.43. The summed E-state index contributed by atoms with van der Waals surface area (Å²) in [7, 11) is 0. The van der Waals surface area contributed by atoms with Crippen molar-refractivity contribution < 1.29 is 28.5 Å². The molecule has 2 aromatic carbocycles. The van der Waals surface area contributed by atoms with Gasteiger partial charge in [0.05, 0.1) is 17.1 Å². The number of benzene rings is 2. The number of nitrogens with one attached hydrogen (secondary N) is 3. The molecule has 0 radical (unpaired) electrons. The zero-order chi connectivity index (χ0) is 28.7. The number of hydrogen-bond acceptors (Lipinski definition) is 8.